The van der Waals surface area contributed by atoms with Gasteiger partial charge in [0.25, 0.3) is 46.7 Å². The van der Waals surface area contributed by atoms with Crippen LogP contribution in [0.2, 0.25) is 0 Å². The number of hydrogen-bond acceptors (Lipinski definition) is 31. The Morgan fingerprint density at radius 1 is 0.134 bits per heavy atom. The summed E-state index contributed by atoms with van der Waals surface area (Å²) in [6, 6.07) is 0. The third-order valence-corrected chi connectivity index (χ3v) is 20.6. The van der Waals surface area contributed by atoms with Gasteiger partial charge >= 0.3 is 23.5 Å². The van der Waals surface area contributed by atoms with Crippen LogP contribution in [0.5, 0.6) is 0 Å². The summed E-state index contributed by atoms with van der Waals surface area (Å²) in [6.45, 7) is 53.2. The van der Waals surface area contributed by atoms with E-state index >= 15 is 0 Å². The summed E-state index contributed by atoms with van der Waals surface area (Å²) in [5, 5.41) is 0. The van der Waals surface area contributed by atoms with E-state index in [1.165, 1.54) is 0 Å². The first kappa shape index (κ1) is 125. The van der Waals surface area contributed by atoms with Crippen LogP contribution in [0.15, 0.2) is 24.3 Å². The Labute approximate surface area is 771 Å². The molecule has 0 fully saturated rings. The standard InChI is InChI=1S/C96H190O31/c1-31-97-83(98-32-2,79-75-71-67-63-61-65-69-73-77-81-85(101-35-5,102-36-6)103-37-7)87(107-41-11,108-42-12)89(111-45-15,112-46-16)91(115-49-19,116-50-20)93(119-53-23,120-54-24)95(123-57-27,124-58-28)127-96(125-59-29,126-60-30)94(121-55-25,122-56-26)92(117-51-21,118-52-22)90(113-47-17,114-48-18)88(109-43-13,110-44-14)84(99-33-3,100-34-4)80-76-72-68-64-62-66-70-74-78-82-86(104-38-8,105-39-9)106-40-10/h67-68,71-72H,31-66,69-70,73-82H2,1-30H3/b71-67-,72-68-. The van der Waals surface area contributed by atoms with Gasteiger partial charge in [-0.1, -0.05) is 62.8 Å². The molecule has 0 aromatic carbocycles. The molecule has 31 nitrogen and oxygen atoms in total. The Kier molecular flexibility index (Phi) is 68.2. The lowest BCUT2D eigenvalue weighted by Crippen LogP contribution is -2.91. The number of unbranched alkanes of at least 4 members (excludes halogenated alkanes) is 10. The monoisotopic (exact) mass is 1840 g/mol. The van der Waals surface area contributed by atoms with Crippen LogP contribution >= 0.6 is 0 Å². The lowest BCUT2D eigenvalue weighted by Gasteiger charge is -2.66. The number of hydrogen-bond donors (Lipinski definition) is 0. The van der Waals surface area contributed by atoms with Gasteiger partial charge in [-0.25, -0.2) is 0 Å². The third-order valence-electron chi connectivity index (χ3n) is 20.6. The van der Waals surface area contributed by atoms with Gasteiger partial charge in [-0.3, -0.25) is 4.74 Å². The Bertz CT molecular complexity index is 2360. The molecule has 0 N–H and O–H groups in total. The Hall–Kier alpha value is -1.76. The molecule has 0 aliphatic rings. The van der Waals surface area contributed by atoms with E-state index in [0.717, 1.165) is 77.0 Å². The van der Waals surface area contributed by atoms with E-state index in [4.69, 9.17) is 147 Å². The molecule has 0 saturated heterocycles. The normalized spacial score (nSPS) is 14.0. The van der Waals surface area contributed by atoms with Crippen molar-refractivity contribution in [1.82, 2.24) is 0 Å². The molecule has 0 rings (SSSR count). The largest absolute Gasteiger partial charge is 0.351 e. The van der Waals surface area contributed by atoms with E-state index in [9.17, 15) is 0 Å². The maximum Gasteiger partial charge on any atom is 0.351 e. The predicted molar refractivity (Wildman–Crippen MR) is 489 cm³/mol. The minimum Gasteiger partial charge on any atom is -0.345 e. The van der Waals surface area contributed by atoms with Crippen molar-refractivity contribution in [3.8, 4) is 0 Å². The van der Waals surface area contributed by atoms with Crippen molar-refractivity contribution >= 4 is 0 Å². The summed E-state index contributed by atoms with van der Waals surface area (Å²) in [6.07, 6.45) is 21.8. The van der Waals surface area contributed by atoms with Gasteiger partial charge in [0.05, 0.1) is 0 Å². The maximum absolute atomic E-state index is 8.35. The molecule has 127 heavy (non-hydrogen) atoms. The number of rotatable bonds is 94. The smallest absolute Gasteiger partial charge is 0.345 e. The second-order valence-corrected chi connectivity index (χ2v) is 28.6. The van der Waals surface area contributed by atoms with E-state index in [1.54, 1.807) is 111 Å². The van der Waals surface area contributed by atoms with Gasteiger partial charge in [0.1, 0.15) is 0 Å². The van der Waals surface area contributed by atoms with Crippen LogP contribution in [0.3, 0.4) is 0 Å². The van der Waals surface area contributed by atoms with Gasteiger partial charge in [-0.15, -0.1) is 0 Å². The van der Waals surface area contributed by atoms with Crippen LogP contribution in [0, 0.1) is 0 Å². The van der Waals surface area contributed by atoms with Crippen molar-refractivity contribution in [3.05, 3.63) is 24.3 Å². The van der Waals surface area contributed by atoms with Crippen molar-refractivity contribution in [2.24, 2.45) is 0 Å². The fourth-order valence-electron chi connectivity index (χ4n) is 17.4. The molecule has 0 aromatic rings. The minimum absolute atomic E-state index is 0.0325. The topological polar surface area (TPSA) is 286 Å². The Balaban J connectivity index is 10.7. The molecular weight excluding hydrogens is 1650 g/mol. The third kappa shape index (κ3) is 30.6. The van der Waals surface area contributed by atoms with Crippen molar-refractivity contribution in [2.45, 2.75) is 405 Å². The molecule has 0 aromatic heterocycles. The maximum atomic E-state index is 8.35. The van der Waals surface area contributed by atoms with Gasteiger partial charge in [0.15, 0.2) is 0 Å². The average molecular weight is 1840 g/mol. The SMILES string of the molecule is CCOC(CCCCCCC/C=C\CCC(OCC)(OCC)C(OCC)(OCC)C(OCC)(OCC)C(OCC)(OCC)C(OCC)(OCC)C(OCC)(OCC)OC(OCC)(OCC)C(OCC)(OCC)C(OCC)(OCC)C(OCC)(OCC)C(OCC)(OCC)C(CC/C=C\CCCCCCCC(OCC)(OCC)OCC)(OCC)OCC)(OCC)OCC. The van der Waals surface area contributed by atoms with Crippen molar-refractivity contribution in [3.63, 3.8) is 0 Å². The molecule has 0 saturated carbocycles. The molecule has 760 valence electrons. The molecule has 0 heterocycles. The Morgan fingerprint density at radius 2 is 0.291 bits per heavy atom. The first-order valence-corrected chi connectivity index (χ1v) is 49.6. The van der Waals surface area contributed by atoms with E-state index < -0.39 is 81.8 Å². The number of allylic oxidation sites excluding steroid dienone is 4. The zero-order chi connectivity index (χ0) is 95.7. The quantitative estimate of drug-likeness (QED) is 0.0310. The van der Waals surface area contributed by atoms with Crippen molar-refractivity contribution in [1.29, 1.82) is 0 Å². The van der Waals surface area contributed by atoms with Gasteiger partial charge in [-0.05, 0) is 259 Å². The van der Waals surface area contributed by atoms with Crippen LogP contribution in [0.1, 0.15) is 323 Å². The molecule has 0 atom stereocenters. The average Bonchev–Trinajstić information content (AvgIpc) is 0.663. The highest BCUT2D eigenvalue weighted by molar-refractivity contribution is 5.20. The second kappa shape index (κ2) is 69.1. The fourth-order valence-corrected chi connectivity index (χ4v) is 17.4. The molecular formula is C96H190O31. The van der Waals surface area contributed by atoms with E-state index in [2.05, 4.69) is 24.3 Å². The molecule has 0 amide bonds. The predicted octanol–water partition coefficient (Wildman–Crippen LogP) is 19.8. The van der Waals surface area contributed by atoms with E-state index in [0.29, 0.717) is 65.3 Å². The van der Waals surface area contributed by atoms with Gasteiger partial charge in [0.2, 0.25) is 11.6 Å². The van der Waals surface area contributed by atoms with Crippen LogP contribution in [-0.4, -0.2) is 280 Å². The van der Waals surface area contributed by atoms with Crippen LogP contribution in [-0.2, 0) is 147 Å². The van der Waals surface area contributed by atoms with Gasteiger partial charge < -0.3 is 142 Å². The summed E-state index contributed by atoms with van der Waals surface area (Å²) in [5.74, 6) is -35.0. The van der Waals surface area contributed by atoms with Crippen molar-refractivity contribution in [2.75, 3.05) is 198 Å². The first-order valence-electron chi connectivity index (χ1n) is 49.6. The summed E-state index contributed by atoms with van der Waals surface area (Å²) in [4.78, 5) is 0. The molecule has 0 radical (unpaired) electrons. The van der Waals surface area contributed by atoms with E-state index in [1.807, 2.05) is 96.9 Å². The molecule has 0 spiro atoms. The lowest BCUT2D eigenvalue weighted by molar-refractivity contribution is -0.664. The highest BCUT2D eigenvalue weighted by Crippen LogP contribution is 2.64. The molecule has 0 bridgehead atoms. The summed E-state index contributed by atoms with van der Waals surface area (Å²) in [7, 11) is 0. The highest BCUT2D eigenvalue weighted by Gasteiger charge is 2.93. The zero-order valence-corrected chi connectivity index (χ0v) is 85.9. The molecule has 0 unspecified atom stereocenters. The van der Waals surface area contributed by atoms with Crippen LogP contribution in [0.25, 0.3) is 0 Å². The highest BCUT2D eigenvalue weighted by atomic mass is 17.0. The van der Waals surface area contributed by atoms with E-state index in [-0.39, 0.29) is 171 Å². The Morgan fingerprint density at radius 3 is 0.488 bits per heavy atom. The molecule has 31 heteroatoms. The minimum atomic E-state index is -3.14. The number of ether oxygens (including phenoxy) is 31. The summed E-state index contributed by atoms with van der Waals surface area (Å²) < 4.78 is 226. The van der Waals surface area contributed by atoms with Crippen molar-refractivity contribution < 1.29 is 147 Å². The lowest BCUT2D eigenvalue weighted by atomic mass is 9.79. The van der Waals surface area contributed by atoms with Crippen LogP contribution in [0.4, 0.5) is 0 Å². The zero-order valence-electron chi connectivity index (χ0n) is 85.9. The molecule has 0 aliphatic heterocycles. The molecule has 0 aliphatic carbocycles. The fraction of sp³-hybridized carbons (Fsp3) is 0.958. The summed E-state index contributed by atoms with van der Waals surface area (Å²) in [5.41, 5.74) is 0. The second-order valence-electron chi connectivity index (χ2n) is 28.6. The summed E-state index contributed by atoms with van der Waals surface area (Å²) >= 11 is 0. The van der Waals surface area contributed by atoms with Gasteiger partial charge in [0, 0.05) is 224 Å². The van der Waals surface area contributed by atoms with Gasteiger partial charge in [-0.2, -0.15) is 0 Å². The first-order chi connectivity index (χ1) is 61.4. The van der Waals surface area contributed by atoms with Crippen LogP contribution < -0.4 is 0 Å².